The summed E-state index contributed by atoms with van der Waals surface area (Å²) in [5.74, 6) is 0.427. The maximum absolute atomic E-state index is 11.9. The van der Waals surface area contributed by atoms with Crippen LogP contribution in [0.1, 0.15) is 32.6 Å². The number of esters is 1. The average Bonchev–Trinajstić information content (AvgIpc) is 3.04. The Kier molecular flexibility index (Phi) is 4.40. The number of nitrogens with zero attached hydrogens (tertiary/aromatic N) is 1. The second-order valence-electron chi connectivity index (χ2n) is 5.03. The molecule has 98 valence electrons. The summed E-state index contributed by atoms with van der Waals surface area (Å²) in [6.07, 6.45) is 4.88. The molecule has 0 aromatic rings. The van der Waals surface area contributed by atoms with E-state index in [4.69, 9.17) is 9.47 Å². The van der Waals surface area contributed by atoms with Crippen LogP contribution in [0, 0.1) is 5.92 Å². The van der Waals surface area contributed by atoms with Crippen LogP contribution in [0.2, 0.25) is 0 Å². The quantitative estimate of drug-likeness (QED) is 0.660. The molecule has 1 heterocycles. The van der Waals surface area contributed by atoms with Crippen molar-refractivity contribution in [1.29, 1.82) is 0 Å². The monoisotopic (exact) mass is 241 g/mol. The van der Waals surface area contributed by atoms with Crippen LogP contribution < -0.4 is 0 Å². The lowest BCUT2D eigenvalue weighted by Gasteiger charge is -2.30. The molecule has 1 aliphatic heterocycles. The van der Waals surface area contributed by atoms with Gasteiger partial charge in [0.25, 0.3) is 0 Å². The fraction of sp³-hybridized carbons (Fsp3) is 0.923. The molecule has 0 N–H and O–H groups in total. The summed E-state index contributed by atoms with van der Waals surface area (Å²) in [4.78, 5) is 14.1. The van der Waals surface area contributed by atoms with Crippen LogP contribution in [0.5, 0.6) is 0 Å². The zero-order chi connectivity index (χ0) is 12.3. The number of hydrogen-bond acceptors (Lipinski definition) is 4. The van der Waals surface area contributed by atoms with Gasteiger partial charge in [0, 0.05) is 13.2 Å². The van der Waals surface area contributed by atoms with E-state index in [-0.39, 0.29) is 12.0 Å². The van der Waals surface area contributed by atoms with Gasteiger partial charge in [-0.25, -0.2) is 0 Å². The fourth-order valence-corrected chi connectivity index (χ4v) is 2.66. The Balaban J connectivity index is 1.95. The molecule has 4 nitrogen and oxygen atoms in total. The van der Waals surface area contributed by atoms with Crippen LogP contribution in [0.4, 0.5) is 0 Å². The van der Waals surface area contributed by atoms with E-state index in [2.05, 4.69) is 11.8 Å². The molecule has 2 rings (SSSR count). The van der Waals surface area contributed by atoms with Crippen LogP contribution in [-0.2, 0) is 14.3 Å². The summed E-state index contributed by atoms with van der Waals surface area (Å²) in [7, 11) is 1.48. The first-order valence-corrected chi connectivity index (χ1v) is 6.69. The second kappa shape index (κ2) is 5.83. The van der Waals surface area contributed by atoms with Gasteiger partial charge in [0.1, 0.15) is 6.04 Å². The summed E-state index contributed by atoms with van der Waals surface area (Å²) in [6.45, 7) is 4.73. The SMILES string of the molecule is CCN(CC1CCCO1)C(C(=O)OC)C1CC1. The highest BCUT2D eigenvalue weighted by atomic mass is 16.5. The number of ether oxygens (including phenoxy) is 2. The lowest BCUT2D eigenvalue weighted by molar-refractivity contribution is -0.148. The number of methoxy groups -OCH3 is 1. The molecule has 0 aromatic heterocycles. The van der Waals surface area contributed by atoms with Crippen LogP contribution in [0.15, 0.2) is 0 Å². The smallest absolute Gasteiger partial charge is 0.323 e. The molecule has 0 amide bonds. The van der Waals surface area contributed by atoms with Gasteiger partial charge in [-0.3, -0.25) is 9.69 Å². The minimum atomic E-state index is -0.0765. The molecule has 2 atom stereocenters. The van der Waals surface area contributed by atoms with E-state index < -0.39 is 0 Å². The fourth-order valence-electron chi connectivity index (χ4n) is 2.66. The Hall–Kier alpha value is -0.610. The molecule has 0 aromatic carbocycles. The number of likely N-dealkylation sites (N-methyl/N-ethyl adjacent to an activating group) is 1. The molecule has 1 saturated carbocycles. The van der Waals surface area contributed by atoms with Crippen molar-refractivity contribution in [1.82, 2.24) is 4.90 Å². The Morgan fingerprint density at radius 3 is 2.71 bits per heavy atom. The maximum atomic E-state index is 11.9. The van der Waals surface area contributed by atoms with Gasteiger partial charge in [-0.1, -0.05) is 6.92 Å². The van der Waals surface area contributed by atoms with Crippen LogP contribution >= 0.6 is 0 Å². The van der Waals surface area contributed by atoms with E-state index in [0.717, 1.165) is 45.4 Å². The minimum Gasteiger partial charge on any atom is -0.468 e. The summed E-state index contributed by atoms with van der Waals surface area (Å²) in [5.41, 5.74) is 0. The van der Waals surface area contributed by atoms with E-state index in [1.54, 1.807) is 0 Å². The van der Waals surface area contributed by atoms with Gasteiger partial charge < -0.3 is 9.47 Å². The van der Waals surface area contributed by atoms with Gasteiger partial charge in [0.05, 0.1) is 13.2 Å². The summed E-state index contributed by atoms with van der Waals surface area (Å²) >= 11 is 0. The molecule has 1 aliphatic carbocycles. The van der Waals surface area contributed by atoms with Crippen molar-refractivity contribution >= 4 is 5.97 Å². The highest BCUT2D eigenvalue weighted by Gasteiger charge is 2.41. The molecule has 17 heavy (non-hydrogen) atoms. The van der Waals surface area contributed by atoms with Gasteiger partial charge in [0.2, 0.25) is 0 Å². The summed E-state index contributed by atoms with van der Waals surface area (Å²) < 4.78 is 10.6. The summed E-state index contributed by atoms with van der Waals surface area (Å²) in [5, 5.41) is 0. The number of carbonyl (C=O) groups excluding carboxylic acids is 1. The molecule has 0 radical (unpaired) electrons. The van der Waals surface area contributed by atoms with Crippen molar-refractivity contribution in [2.24, 2.45) is 5.92 Å². The third-order valence-corrected chi connectivity index (χ3v) is 3.77. The third kappa shape index (κ3) is 3.19. The van der Waals surface area contributed by atoms with Crippen molar-refractivity contribution < 1.29 is 14.3 Å². The highest BCUT2D eigenvalue weighted by molar-refractivity contribution is 5.76. The molecule has 4 heteroatoms. The lowest BCUT2D eigenvalue weighted by atomic mass is 10.1. The first kappa shape index (κ1) is 12.8. The Morgan fingerprint density at radius 2 is 2.24 bits per heavy atom. The van der Waals surface area contributed by atoms with Crippen LogP contribution in [-0.4, -0.2) is 49.8 Å². The number of carbonyl (C=O) groups is 1. The van der Waals surface area contributed by atoms with E-state index in [9.17, 15) is 4.79 Å². The lowest BCUT2D eigenvalue weighted by Crippen LogP contribution is -2.46. The van der Waals surface area contributed by atoms with Crippen LogP contribution in [0.25, 0.3) is 0 Å². The Morgan fingerprint density at radius 1 is 1.47 bits per heavy atom. The first-order chi connectivity index (χ1) is 8.26. The summed E-state index contributed by atoms with van der Waals surface area (Å²) in [6, 6.07) is -0.0470. The van der Waals surface area contributed by atoms with Crippen molar-refractivity contribution in [3.05, 3.63) is 0 Å². The first-order valence-electron chi connectivity index (χ1n) is 6.69. The van der Waals surface area contributed by atoms with E-state index in [1.807, 2.05) is 0 Å². The van der Waals surface area contributed by atoms with Crippen molar-refractivity contribution in [3.63, 3.8) is 0 Å². The molecular weight excluding hydrogens is 218 g/mol. The van der Waals surface area contributed by atoms with Crippen molar-refractivity contribution in [3.8, 4) is 0 Å². The van der Waals surface area contributed by atoms with E-state index in [0.29, 0.717) is 12.0 Å². The normalized spacial score (nSPS) is 26.2. The molecule has 2 fully saturated rings. The molecule has 2 unspecified atom stereocenters. The van der Waals surface area contributed by atoms with E-state index in [1.165, 1.54) is 7.11 Å². The molecule has 0 bridgehead atoms. The predicted octanol–water partition coefficient (Wildman–Crippen LogP) is 1.44. The zero-order valence-electron chi connectivity index (χ0n) is 10.9. The highest BCUT2D eigenvalue weighted by Crippen LogP contribution is 2.36. The second-order valence-corrected chi connectivity index (χ2v) is 5.03. The minimum absolute atomic E-state index is 0.0470. The zero-order valence-corrected chi connectivity index (χ0v) is 10.9. The Bertz CT molecular complexity index is 259. The number of hydrogen-bond donors (Lipinski definition) is 0. The topological polar surface area (TPSA) is 38.8 Å². The van der Waals surface area contributed by atoms with Gasteiger partial charge in [-0.05, 0) is 38.1 Å². The standard InChI is InChI=1S/C13H23NO3/c1-3-14(9-11-5-4-8-17-11)12(10-6-7-10)13(15)16-2/h10-12H,3-9H2,1-2H3. The van der Waals surface area contributed by atoms with Crippen LogP contribution in [0.3, 0.4) is 0 Å². The predicted molar refractivity (Wildman–Crippen MR) is 64.7 cm³/mol. The van der Waals surface area contributed by atoms with Gasteiger partial charge >= 0.3 is 5.97 Å². The average molecular weight is 241 g/mol. The number of rotatable bonds is 6. The molecule has 1 saturated heterocycles. The van der Waals surface area contributed by atoms with Gasteiger partial charge in [-0.2, -0.15) is 0 Å². The molecule has 0 spiro atoms. The van der Waals surface area contributed by atoms with E-state index >= 15 is 0 Å². The largest absolute Gasteiger partial charge is 0.468 e. The third-order valence-electron chi connectivity index (χ3n) is 3.77. The van der Waals surface area contributed by atoms with Gasteiger partial charge in [0.15, 0.2) is 0 Å². The molecular formula is C13H23NO3. The van der Waals surface area contributed by atoms with Crippen molar-refractivity contribution in [2.75, 3.05) is 26.8 Å². The maximum Gasteiger partial charge on any atom is 0.323 e. The Labute approximate surface area is 103 Å². The van der Waals surface area contributed by atoms with Gasteiger partial charge in [-0.15, -0.1) is 0 Å². The van der Waals surface area contributed by atoms with Crippen molar-refractivity contribution in [2.45, 2.75) is 44.8 Å². The molecule has 2 aliphatic rings.